The summed E-state index contributed by atoms with van der Waals surface area (Å²) in [5.74, 6) is 1.51. The Morgan fingerprint density at radius 1 is 1.12 bits per heavy atom. The molecule has 1 unspecified atom stereocenters. The molecular formula is C22H28O4. The molecule has 3 rings (SSSR count). The predicted molar refractivity (Wildman–Crippen MR) is 99.6 cm³/mol. The molecule has 0 heterocycles. The van der Waals surface area contributed by atoms with E-state index in [1.165, 1.54) is 12.0 Å². The van der Waals surface area contributed by atoms with Crippen LogP contribution in [0.1, 0.15) is 46.5 Å². The molecule has 1 fully saturated rings. The highest BCUT2D eigenvalue weighted by Crippen LogP contribution is 2.48. The van der Waals surface area contributed by atoms with E-state index in [0.717, 1.165) is 19.3 Å². The number of allylic oxidation sites excluding steroid dienone is 2. The molecular weight excluding hydrogens is 328 g/mol. The fourth-order valence-corrected chi connectivity index (χ4v) is 4.63. The second-order valence-electron chi connectivity index (χ2n) is 7.89. The van der Waals surface area contributed by atoms with Crippen molar-refractivity contribution in [3.63, 3.8) is 0 Å². The predicted octanol–water partition coefficient (Wildman–Crippen LogP) is 5.38. The monoisotopic (exact) mass is 356 g/mol. The van der Waals surface area contributed by atoms with Gasteiger partial charge in [-0.15, -0.1) is 0 Å². The number of fused-ring (bicyclic) bond motifs is 1. The van der Waals surface area contributed by atoms with Crippen LogP contribution in [0.15, 0.2) is 42.0 Å². The van der Waals surface area contributed by atoms with Crippen LogP contribution in [0.4, 0.5) is 4.79 Å². The van der Waals surface area contributed by atoms with Crippen LogP contribution >= 0.6 is 0 Å². The minimum absolute atomic E-state index is 0.225. The number of hydrogen-bond acceptors (Lipinski definition) is 4. The molecule has 0 spiro atoms. The van der Waals surface area contributed by atoms with Gasteiger partial charge in [0, 0.05) is 0 Å². The van der Waals surface area contributed by atoms with Crippen molar-refractivity contribution in [3.05, 3.63) is 42.0 Å². The molecule has 0 saturated heterocycles. The van der Waals surface area contributed by atoms with E-state index >= 15 is 0 Å². The number of esters is 1. The Morgan fingerprint density at radius 3 is 2.58 bits per heavy atom. The molecule has 140 valence electrons. The van der Waals surface area contributed by atoms with Gasteiger partial charge in [0.25, 0.3) is 0 Å². The van der Waals surface area contributed by atoms with Crippen molar-refractivity contribution in [1.29, 1.82) is 0 Å². The summed E-state index contributed by atoms with van der Waals surface area (Å²) in [6.45, 7) is 6.38. The van der Waals surface area contributed by atoms with Crippen LogP contribution in [0.2, 0.25) is 0 Å². The quantitative estimate of drug-likeness (QED) is 0.316. The van der Waals surface area contributed by atoms with Crippen molar-refractivity contribution >= 4 is 12.1 Å². The summed E-state index contributed by atoms with van der Waals surface area (Å²) >= 11 is 0. The third-order valence-corrected chi connectivity index (χ3v) is 6.17. The van der Waals surface area contributed by atoms with E-state index in [4.69, 9.17) is 9.47 Å². The molecule has 0 N–H and O–H groups in total. The first kappa shape index (κ1) is 18.7. The van der Waals surface area contributed by atoms with Gasteiger partial charge in [-0.05, 0) is 62.0 Å². The van der Waals surface area contributed by atoms with Gasteiger partial charge in [0.05, 0.1) is 5.92 Å². The maximum absolute atomic E-state index is 12.5. The summed E-state index contributed by atoms with van der Waals surface area (Å²) in [5, 5.41) is 0. The standard InChI is InChI=1S/C22H28O4/c1-14-9-11-18-15(2)10-12-19(20(18)13-14)16(3)21(23)26-22(24)25-17-7-5-4-6-8-17/h4-8,13,15-16,18-20H,9-12H2,1-3H3/t15-,16?,18+,19+,20+/m1/s1. The van der Waals surface area contributed by atoms with E-state index in [9.17, 15) is 9.59 Å². The van der Waals surface area contributed by atoms with Crippen molar-refractivity contribution in [2.24, 2.45) is 29.6 Å². The first-order chi connectivity index (χ1) is 12.5. The van der Waals surface area contributed by atoms with Crippen LogP contribution in [-0.4, -0.2) is 12.1 Å². The van der Waals surface area contributed by atoms with Crippen molar-refractivity contribution in [3.8, 4) is 5.75 Å². The largest absolute Gasteiger partial charge is 0.521 e. The molecule has 0 aromatic heterocycles. The van der Waals surface area contributed by atoms with Gasteiger partial charge in [-0.3, -0.25) is 4.79 Å². The summed E-state index contributed by atoms with van der Waals surface area (Å²) in [7, 11) is 0. The first-order valence-corrected chi connectivity index (χ1v) is 9.61. The van der Waals surface area contributed by atoms with Gasteiger partial charge in [-0.25, -0.2) is 4.79 Å². The van der Waals surface area contributed by atoms with E-state index < -0.39 is 12.1 Å². The summed E-state index contributed by atoms with van der Waals surface area (Å²) in [4.78, 5) is 24.5. The lowest BCUT2D eigenvalue weighted by atomic mass is 9.60. The maximum Gasteiger partial charge on any atom is 0.521 e. The van der Waals surface area contributed by atoms with Crippen LogP contribution in [-0.2, 0) is 9.53 Å². The maximum atomic E-state index is 12.5. The van der Waals surface area contributed by atoms with Gasteiger partial charge < -0.3 is 9.47 Å². The fraction of sp³-hybridized carbons (Fsp3) is 0.545. The number of carbonyl (C=O) groups excluding carboxylic acids is 2. The normalized spacial score (nSPS) is 29.1. The van der Waals surface area contributed by atoms with E-state index in [2.05, 4.69) is 19.9 Å². The molecule has 2 aliphatic carbocycles. The Morgan fingerprint density at radius 2 is 1.85 bits per heavy atom. The summed E-state index contributed by atoms with van der Waals surface area (Å²) in [6, 6.07) is 8.64. The number of benzene rings is 1. The molecule has 26 heavy (non-hydrogen) atoms. The average Bonchev–Trinajstić information content (AvgIpc) is 2.62. The van der Waals surface area contributed by atoms with Crippen molar-refractivity contribution < 1.29 is 19.1 Å². The Kier molecular flexibility index (Phi) is 5.80. The zero-order valence-corrected chi connectivity index (χ0v) is 15.8. The van der Waals surface area contributed by atoms with Gasteiger partial charge in [0.1, 0.15) is 5.75 Å². The lowest BCUT2D eigenvalue weighted by Crippen LogP contribution is -2.40. The van der Waals surface area contributed by atoms with E-state index in [1.807, 2.05) is 13.0 Å². The van der Waals surface area contributed by atoms with Crippen molar-refractivity contribution in [2.75, 3.05) is 0 Å². The molecule has 1 aromatic rings. The summed E-state index contributed by atoms with van der Waals surface area (Å²) in [5.41, 5.74) is 1.41. The molecule has 4 heteroatoms. The van der Waals surface area contributed by atoms with Gasteiger partial charge in [0.15, 0.2) is 0 Å². The van der Waals surface area contributed by atoms with Crippen LogP contribution in [0.25, 0.3) is 0 Å². The Bertz CT molecular complexity index is 679. The van der Waals surface area contributed by atoms with Crippen LogP contribution in [0.5, 0.6) is 5.75 Å². The smallest absolute Gasteiger partial charge is 0.395 e. The zero-order chi connectivity index (χ0) is 18.7. The third kappa shape index (κ3) is 4.17. The summed E-state index contributed by atoms with van der Waals surface area (Å²) in [6.07, 6.45) is 5.88. The Balaban J connectivity index is 1.64. The highest BCUT2D eigenvalue weighted by molar-refractivity contribution is 5.84. The number of carbonyl (C=O) groups is 2. The average molecular weight is 356 g/mol. The van der Waals surface area contributed by atoms with Gasteiger partial charge >= 0.3 is 12.1 Å². The number of hydrogen-bond donors (Lipinski definition) is 0. The SMILES string of the molecule is CC1=C[C@H]2[C@@H](CC1)[C@H](C)CC[C@H]2C(C)C(=O)OC(=O)Oc1ccccc1. The highest BCUT2D eigenvalue weighted by Gasteiger charge is 2.42. The molecule has 0 aliphatic heterocycles. The zero-order valence-electron chi connectivity index (χ0n) is 15.8. The molecule has 0 radical (unpaired) electrons. The second kappa shape index (κ2) is 8.07. The van der Waals surface area contributed by atoms with Gasteiger partial charge in [-0.1, -0.05) is 50.1 Å². The van der Waals surface area contributed by atoms with Crippen molar-refractivity contribution in [1.82, 2.24) is 0 Å². The highest BCUT2D eigenvalue weighted by atomic mass is 16.7. The first-order valence-electron chi connectivity index (χ1n) is 9.61. The molecule has 5 atom stereocenters. The minimum Gasteiger partial charge on any atom is -0.395 e. The Hall–Kier alpha value is -2.10. The third-order valence-electron chi connectivity index (χ3n) is 6.17. The Labute approximate surface area is 155 Å². The summed E-state index contributed by atoms with van der Waals surface area (Å²) < 4.78 is 10.1. The molecule has 0 amide bonds. The molecule has 0 bridgehead atoms. The molecule has 1 aromatic carbocycles. The van der Waals surface area contributed by atoms with E-state index in [1.54, 1.807) is 24.3 Å². The second-order valence-corrected chi connectivity index (χ2v) is 7.89. The molecule has 4 nitrogen and oxygen atoms in total. The van der Waals surface area contributed by atoms with Crippen LogP contribution in [0.3, 0.4) is 0 Å². The van der Waals surface area contributed by atoms with Gasteiger partial charge in [0.2, 0.25) is 0 Å². The van der Waals surface area contributed by atoms with Crippen molar-refractivity contribution in [2.45, 2.75) is 46.5 Å². The van der Waals surface area contributed by atoms with Crippen LogP contribution < -0.4 is 4.74 Å². The van der Waals surface area contributed by atoms with Gasteiger partial charge in [-0.2, -0.15) is 0 Å². The molecule has 1 saturated carbocycles. The number of ether oxygens (including phenoxy) is 2. The topological polar surface area (TPSA) is 52.6 Å². The molecule has 2 aliphatic rings. The number of rotatable bonds is 3. The van der Waals surface area contributed by atoms with E-state index in [-0.39, 0.29) is 11.8 Å². The lowest BCUT2D eigenvalue weighted by molar-refractivity contribution is -0.146. The lowest BCUT2D eigenvalue weighted by Gasteiger charge is -2.45. The minimum atomic E-state index is -0.954. The number of para-hydroxylation sites is 1. The van der Waals surface area contributed by atoms with E-state index in [0.29, 0.717) is 23.5 Å². The fourth-order valence-electron chi connectivity index (χ4n) is 4.63. The van der Waals surface area contributed by atoms with Crippen LogP contribution in [0, 0.1) is 29.6 Å².